The van der Waals surface area contributed by atoms with E-state index in [0.29, 0.717) is 37.3 Å². The van der Waals surface area contributed by atoms with Crippen molar-refractivity contribution in [1.82, 2.24) is 25.8 Å². The van der Waals surface area contributed by atoms with E-state index in [1.165, 1.54) is 0 Å². The quantitative estimate of drug-likeness (QED) is 0.488. The first kappa shape index (κ1) is 18.6. The molecule has 0 aliphatic rings. The Morgan fingerprint density at radius 3 is 2.67 bits per heavy atom. The standard InChI is InChI=1S/C19H24N6O2/c1-13(2)17-24-16(27-25-17)9-10-21-19(20-3)22-11-15-12-26-18(23-15)14-7-5-4-6-8-14/h4-8,12-13H,9-11H2,1-3H3,(H2,20,21,22). The first-order chi connectivity index (χ1) is 13.2. The van der Waals surface area contributed by atoms with E-state index in [1.54, 1.807) is 13.3 Å². The van der Waals surface area contributed by atoms with Crippen molar-refractivity contribution in [2.24, 2.45) is 4.99 Å². The van der Waals surface area contributed by atoms with Crippen LogP contribution >= 0.6 is 0 Å². The minimum atomic E-state index is 0.258. The van der Waals surface area contributed by atoms with Crippen molar-refractivity contribution in [3.63, 3.8) is 0 Å². The Kier molecular flexibility index (Phi) is 6.19. The van der Waals surface area contributed by atoms with Crippen molar-refractivity contribution in [2.45, 2.75) is 32.7 Å². The molecule has 0 amide bonds. The largest absolute Gasteiger partial charge is 0.444 e. The molecule has 142 valence electrons. The van der Waals surface area contributed by atoms with Gasteiger partial charge in [-0.05, 0) is 12.1 Å². The lowest BCUT2D eigenvalue weighted by molar-refractivity contribution is 0.371. The predicted molar refractivity (Wildman–Crippen MR) is 102 cm³/mol. The lowest BCUT2D eigenvalue weighted by Crippen LogP contribution is -2.37. The maximum Gasteiger partial charge on any atom is 0.228 e. The normalized spacial score (nSPS) is 11.8. The summed E-state index contributed by atoms with van der Waals surface area (Å²) in [5.41, 5.74) is 1.75. The minimum absolute atomic E-state index is 0.258. The van der Waals surface area contributed by atoms with Crippen LogP contribution in [0.2, 0.25) is 0 Å². The fourth-order valence-corrected chi connectivity index (χ4v) is 2.39. The van der Waals surface area contributed by atoms with E-state index in [1.807, 2.05) is 44.2 Å². The third-order valence-electron chi connectivity index (χ3n) is 3.86. The fourth-order valence-electron chi connectivity index (χ4n) is 2.39. The van der Waals surface area contributed by atoms with Gasteiger partial charge in [0.15, 0.2) is 11.8 Å². The molecular weight excluding hydrogens is 344 g/mol. The molecule has 0 fully saturated rings. The van der Waals surface area contributed by atoms with Crippen molar-refractivity contribution in [3.8, 4) is 11.5 Å². The molecule has 27 heavy (non-hydrogen) atoms. The number of nitrogens with one attached hydrogen (secondary N) is 2. The summed E-state index contributed by atoms with van der Waals surface area (Å²) < 4.78 is 10.8. The van der Waals surface area contributed by atoms with Crippen LogP contribution < -0.4 is 10.6 Å². The molecule has 3 aromatic rings. The molecule has 0 bridgehead atoms. The number of guanidine groups is 1. The number of aliphatic imine (C=N–C) groups is 1. The van der Waals surface area contributed by atoms with Gasteiger partial charge in [-0.1, -0.05) is 37.2 Å². The number of oxazole rings is 1. The van der Waals surface area contributed by atoms with Crippen LogP contribution in [0.3, 0.4) is 0 Å². The van der Waals surface area contributed by atoms with Crippen molar-refractivity contribution >= 4 is 5.96 Å². The number of rotatable bonds is 7. The average molecular weight is 368 g/mol. The van der Waals surface area contributed by atoms with Gasteiger partial charge in [0, 0.05) is 31.5 Å². The first-order valence-electron chi connectivity index (χ1n) is 8.92. The van der Waals surface area contributed by atoms with Crippen LogP contribution in [0.4, 0.5) is 0 Å². The Balaban J connectivity index is 1.46. The second-order valence-electron chi connectivity index (χ2n) is 6.31. The molecule has 1 aromatic carbocycles. The lowest BCUT2D eigenvalue weighted by Gasteiger charge is -2.09. The van der Waals surface area contributed by atoms with Gasteiger partial charge in [0.05, 0.1) is 12.2 Å². The van der Waals surface area contributed by atoms with Crippen molar-refractivity contribution in [2.75, 3.05) is 13.6 Å². The first-order valence-corrected chi connectivity index (χ1v) is 8.92. The maximum absolute atomic E-state index is 5.54. The second-order valence-corrected chi connectivity index (χ2v) is 6.31. The van der Waals surface area contributed by atoms with Crippen molar-refractivity contribution in [3.05, 3.63) is 54.0 Å². The smallest absolute Gasteiger partial charge is 0.228 e. The van der Waals surface area contributed by atoms with Gasteiger partial charge in [-0.25, -0.2) is 4.98 Å². The molecule has 3 rings (SSSR count). The molecule has 0 radical (unpaired) electrons. The van der Waals surface area contributed by atoms with Gasteiger partial charge in [0.25, 0.3) is 0 Å². The number of hydrogen-bond acceptors (Lipinski definition) is 6. The summed E-state index contributed by atoms with van der Waals surface area (Å²) in [6, 6.07) is 9.80. The van der Waals surface area contributed by atoms with Gasteiger partial charge in [-0.15, -0.1) is 0 Å². The molecule has 0 atom stereocenters. The SMILES string of the molecule is CN=C(NCCc1nc(C(C)C)no1)NCc1coc(-c2ccccc2)n1. The molecule has 0 spiro atoms. The molecule has 0 aliphatic carbocycles. The molecule has 0 unspecified atom stereocenters. The molecule has 2 heterocycles. The minimum Gasteiger partial charge on any atom is -0.444 e. The van der Waals surface area contributed by atoms with Crippen LogP contribution in [0.25, 0.3) is 11.5 Å². The highest BCUT2D eigenvalue weighted by Crippen LogP contribution is 2.17. The Bertz CT molecular complexity index is 869. The summed E-state index contributed by atoms with van der Waals surface area (Å²) in [4.78, 5) is 13.0. The molecular formula is C19H24N6O2. The van der Waals surface area contributed by atoms with Crippen LogP contribution in [0, 0.1) is 0 Å². The van der Waals surface area contributed by atoms with Gasteiger partial charge >= 0.3 is 0 Å². The van der Waals surface area contributed by atoms with Crippen LogP contribution in [-0.4, -0.2) is 34.7 Å². The van der Waals surface area contributed by atoms with Crippen molar-refractivity contribution in [1.29, 1.82) is 0 Å². The zero-order chi connectivity index (χ0) is 19.1. The predicted octanol–water partition coefficient (Wildman–Crippen LogP) is 2.76. The zero-order valence-electron chi connectivity index (χ0n) is 15.8. The average Bonchev–Trinajstić information content (AvgIpc) is 3.35. The highest BCUT2D eigenvalue weighted by Gasteiger charge is 2.10. The summed E-state index contributed by atoms with van der Waals surface area (Å²) in [5, 5.41) is 10.4. The van der Waals surface area contributed by atoms with Gasteiger partial charge in [-0.2, -0.15) is 4.98 Å². The van der Waals surface area contributed by atoms with E-state index in [4.69, 9.17) is 8.94 Å². The third kappa shape index (κ3) is 5.16. The topological polar surface area (TPSA) is 101 Å². The van der Waals surface area contributed by atoms with Gasteiger partial charge in [-0.3, -0.25) is 4.99 Å². The summed E-state index contributed by atoms with van der Waals surface area (Å²) >= 11 is 0. The van der Waals surface area contributed by atoms with Gasteiger partial charge in [0.1, 0.15) is 6.26 Å². The van der Waals surface area contributed by atoms with E-state index in [0.717, 1.165) is 17.1 Å². The molecule has 8 nitrogen and oxygen atoms in total. The fraction of sp³-hybridized carbons (Fsp3) is 0.368. The molecule has 0 aliphatic heterocycles. The van der Waals surface area contributed by atoms with E-state index >= 15 is 0 Å². The summed E-state index contributed by atoms with van der Waals surface area (Å²) in [7, 11) is 1.72. The van der Waals surface area contributed by atoms with E-state index in [9.17, 15) is 0 Å². The number of aromatic nitrogens is 3. The maximum atomic E-state index is 5.54. The molecule has 8 heteroatoms. The van der Waals surface area contributed by atoms with E-state index in [-0.39, 0.29) is 5.92 Å². The number of benzene rings is 1. The molecule has 0 saturated carbocycles. The third-order valence-corrected chi connectivity index (χ3v) is 3.86. The number of hydrogen-bond donors (Lipinski definition) is 2. The zero-order valence-corrected chi connectivity index (χ0v) is 15.8. The molecule has 0 saturated heterocycles. The Hall–Kier alpha value is -3.16. The number of nitrogens with zero attached hydrogens (tertiary/aromatic N) is 4. The molecule has 2 N–H and O–H groups in total. The molecule has 2 aromatic heterocycles. The van der Waals surface area contributed by atoms with E-state index in [2.05, 4.69) is 30.8 Å². The Labute approximate surface area is 158 Å². The summed E-state index contributed by atoms with van der Waals surface area (Å²) in [6.45, 7) is 5.21. The van der Waals surface area contributed by atoms with Gasteiger partial charge in [0.2, 0.25) is 11.8 Å². The van der Waals surface area contributed by atoms with Gasteiger partial charge < -0.3 is 19.6 Å². The summed E-state index contributed by atoms with van der Waals surface area (Å²) in [6.07, 6.45) is 2.27. The van der Waals surface area contributed by atoms with Crippen LogP contribution in [0.1, 0.15) is 37.2 Å². The van der Waals surface area contributed by atoms with Crippen LogP contribution in [0.5, 0.6) is 0 Å². The monoisotopic (exact) mass is 368 g/mol. The van der Waals surface area contributed by atoms with Crippen LogP contribution in [0.15, 0.2) is 50.5 Å². The highest BCUT2D eigenvalue weighted by atomic mass is 16.5. The van der Waals surface area contributed by atoms with Crippen molar-refractivity contribution < 1.29 is 8.94 Å². The summed E-state index contributed by atoms with van der Waals surface area (Å²) in [5.74, 6) is 2.88. The Morgan fingerprint density at radius 1 is 1.15 bits per heavy atom. The Morgan fingerprint density at radius 2 is 1.96 bits per heavy atom. The lowest BCUT2D eigenvalue weighted by atomic mass is 10.2. The highest BCUT2D eigenvalue weighted by molar-refractivity contribution is 5.79. The van der Waals surface area contributed by atoms with E-state index < -0.39 is 0 Å². The van der Waals surface area contributed by atoms with Crippen LogP contribution in [-0.2, 0) is 13.0 Å². The second kappa shape index (κ2) is 8.98.